The molecule has 3 rings (SSSR count). The van der Waals surface area contributed by atoms with E-state index in [9.17, 15) is 18.3 Å². The number of hydrogen-bond donors (Lipinski definition) is 3. The minimum atomic E-state index is -3.79. The van der Waals surface area contributed by atoms with Crippen LogP contribution in [0.25, 0.3) is 0 Å². The van der Waals surface area contributed by atoms with Crippen molar-refractivity contribution in [1.29, 1.82) is 0 Å². The summed E-state index contributed by atoms with van der Waals surface area (Å²) in [5, 5.41) is 13.2. The Morgan fingerprint density at radius 3 is 2.62 bits per heavy atom. The summed E-state index contributed by atoms with van der Waals surface area (Å²) in [6.07, 6.45) is 0.167. The van der Waals surface area contributed by atoms with Gasteiger partial charge in [0.2, 0.25) is 15.9 Å². The van der Waals surface area contributed by atoms with Crippen LogP contribution in [-0.2, 0) is 26.8 Å². The molecule has 6 nitrogen and oxygen atoms in total. The predicted molar refractivity (Wildman–Crippen MR) is 90.0 cm³/mol. The average Bonchev–Trinajstić information content (AvgIpc) is 2.93. The summed E-state index contributed by atoms with van der Waals surface area (Å²) in [7, 11) is -3.79. The van der Waals surface area contributed by atoms with Crippen molar-refractivity contribution >= 4 is 21.6 Å². The molecule has 0 fully saturated rings. The maximum absolute atomic E-state index is 12.5. The van der Waals surface area contributed by atoms with Crippen LogP contribution >= 0.6 is 0 Å². The number of hydrogen-bond acceptors (Lipinski definition) is 4. The fraction of sp³-hybridized carbons (Fsp3) is 0.235. The summed E-state index contributed by atoms with van der Waals surface area (Å²) in [6.45, 7) is 1.39. The van der Waals surface area contributed by atoms with Crippen LogP contribution in [-0.4, -0.2) is 26.0 Å². The van der Waals surface area contributed by atoms with Gasteiger partial charge in [0.25, 0.3) is 0 Å². The van der Waals surface area contributed by atoms with E-state index >= 15 is 0 Å². The Hall–Kier alpha value is -2.22. The Labute approximate surface area is 140 Å². The van der Waals surface area contributed by atoms with Gasteiger partial charge in [0.15, 0.2) is 0 Å². The minimum Gasteiger partial charge on any atom is -0.384 e. The van der Waals surface area contributed by atoms with Gasteiger partial charge in [-0.1, -0.05) is 30.3 Å². The molecule has 1 aliphatic heterocycles. The monoisotopic (exact) mass is 346 g/mol. The molecule has 1 unspecified atom stereocenters. The molecule has 0 saturated carbocycles. The first-order valence-corrected chi connectivity index (χ1v) is 8.97. The number of carbonyl (C=O) groups excluding carboxylic acids is 1. The maximum atomic E-state index is 12.5. The van der Waals surface area contributed by atoms with E-state index in [1.807, 2.05) is 6.07 Å². The van der Waals surface area contributed by atoms with Crippen LogP contribution in [0, 0.1) is 0 Å². The van der Waals surface area contributed by atoms with Crippen LogP contribution < -0.4 is 10.0 Å². The van der Waals surface area contributed by atoms with Gasteiger partial charge in [-0.05, 0) is 36.2 Å². The molecule has 1 aliphatic rings. The molecular weight excluding hydrogens is 328 g/mol. The van der Waals surface area contributed by atoms with E-state index < -0.39 is 15.6 Å². The molecule has 0 aliphatic carbocycles. The fourth-order valence-electron chi connectivity index (χ4n) is 2.59. The summed E-state index contributed by atoms with van der Waals surface area (Å²) in [4.78, 5) is 11.4. The highest BCUT2D eigenvalue weighted by molar-refractivity contribution is 7.89. The van der Waals surface area contributed by atoms with Crippen molar-refractivity contribution in [3.63, 3.8) is 0 Å². The topological polar surface area (TPSA) is 95.5 Å². The van der Waals surface area contributed by atoms with E-state index in [0.717, 1.165) is 0 Å². The lowest BCUT2D eigenvalue weighted by Crippen LogP contribution is -2.38. The molecule has 126 valence electrons. The average molecular weight is 346 g/mol. The summed E-state index contributed by atoms with van der Waals surface area (Å²) in [5.74, 6) is -0.153. The molecule has 1 heterocycles. The van der Waals surface area contributed by atoms with Crippen LogP contribution in [0.5, 0.6) is 0 Å². The lowest BCUT2D eigenvalue weighted by Gasteiger charge is -2.24. The fourth-order valence-corrected chi connectivity index (χ4v) is 3.77. The normalized spacial score (nSPS) is 16.3. The Morgan fingerprint density at radius 2 is 1.92 bits per heavy atom. The molecule has 3 N–H and O–H groups in total. The number of sulfonamides is 1. The van der Waals surface area contributed by atoms with Gasteiger partial charge >= 0.3 is 0 Å². The highest BCUT2D eigenvalue weighted by Gasteiger charge is 2.27. The highest BCUT2D eigenvalue weighted by Crippen LogP contribution is 2.26. The maximum Gasteiger partial charge on any atom is 0.240 e. The molecule has 0 spiro atoms. The van der Waals surface area contributed by atoms with Crippen molar-refractivity contribution < 1.29 is 18.3 Å². The Kier molecular flexibility index (Phi) is 4.16. The van der Waals surface area contributed by atoms with Crippen LogP contribution in [0.1, 0.15) is 18.1 Å². The van der Waals surface area contributed by atoms with E-state index in [2.05, 4.69) is 10.0 Å². The van der Waals surface area contributed by atoms with Crippen molar-refractivity contribution in [2.75, 3.05) is 11.9 Å². The van der Waals surface area contributed by atoms with Gasteiger partial charge in [0, 0.05) is 12.2 Å². The first-order chi connectivity index (χ1) is 11.3. The van der Waals surface area contributed by atoms with Gasteiger partial charge < -0.3 is 10.4 Å². The van der Waals surface area contributed by atoms with Gasteiger partial charge in [-0.2, -0.15) is 0 Å². The van der Waals surface area contributed by atoms with Crippen molar-refractivity contribution in [2.45, 2.75) is 23.8 Å². The standard InChI is InChI=1S/C17H18N2O4S/c1-17(21,13-5-3-2-4-6-13)11-18-24(22,23)14-7-8-15-12(9-14)10-16(20)19-15/h2-9,18,21H,10-11H2,1H3,(H,19,20). The zero-order valence-electron chi connectivity index (χ0n) is 13.1. The zero-order valence-corrected chi connectivity index (χ0v) is 13.9. The second-order valence-electron chi connectivity index (χ2n) is 6.01. The van der Waals surface area contributed by atoms with Gasteiger partial charge in [-0.3, -0.25) is 4.79 Å². The highest BCUT2D eigenvalue weighted by atomic mass is 32.2. The molecule has 24 heavy (non-hydrogen) atoms. The lowest BCUT2D eigenvalue weighted by atomic mass is 9.97. The third kappa shape index (κ3) is 3.33. The van der Waals surface area contributed by atoms with Crippen LogP contribution in [0.3, 0.4) is 0 Å². The smallest absolute Gasteiger partial charge is 0.240 e. The van der Waals surface area contributed by atoms with E-state index in [4.69, 9.17) is 0 Å². The summed E-state index contributed by atoms with van der Waals surface area (Å²) >= 11 is 0. The summed E-state index contributed by atoms with van der Waals surface area (Å²) in [6, 6.07) is 13.3. The first-order valence-electron chi connectivity index (χ1n) is 7.48. The van der Waals surface area contributed by atoms with E-state index in [-0.39, 0.29) is 23.8 Å². The molecular formula is C17H18N2O4S. The number of carbonyl (C=O) groups is 1. The number of anilines is 1. The molecule has 0 bridgehead atoms. The van der Waals surface area contributed by atoms with Crippen molar-refractivity contribution in [1.82, 2.24) is 4.72 Å². The number of aliphatic hydroxyl groups is 1. The third-order valence-electron chi connectivity index (χ3n) is 4.01. The Balaban J connectivity index is 1.78. The molecule has 7 heteroatoms. The van der Waals surface area contributed by atoms with Crippen molar-refractivity contribution in [3.8, 4) is 0 Å². The molecule has 1 atom stereocenters. The van der Waals surface area contributed by atoms with E-state index in [1.165, 1.54) is 12.1 Å². The summed E-state index contributed by atoms with van der Waals surface area (Å²) < 4.78 is 27.4. The molecule has 0 radical (unpaired) electrons. The van der Waals surface area contributed by atoms with Gasteiger partial charge in [-0.25, -0.2) is 13.1 Å². The first kappa shape index (κ1) is 16.6. The van der Waals surface area contributed by atoms with Crippen LogP contribution in [0.4, 0.5) is 5.69 Å². The Morgan fingerprint density at radius 1 is 1.21 bits per heavy atom. The molecule has 0 saturated heterocycles. The second-order valence-corrected chi connectivity index (χ2v) is 7.78. The molecule has 1 amide bonds. The van der Waals surface area contributed by atoms with Crippen LogP contribution in [0.2, 0.25) is 0 Å². The van der Waals surface area contributed by atoms with E-state index in [1.54, 1.807) is 37.3 Å². The van der Waals surface area contributed by atoms with Gasteiger partial charge in [0.1, 0.15) is 5.60 Å². The summed E-state index contributed by atoms with van der Waals surface area (Å²) in [5.41, 5.74) is 0.576. The second kappa shape index (κ2) is 6.01. The number of amides is 1. The quantitative estimate of drug-likeness (QED) is 0.762. The van der Waals surface area contributed by atoms with Gasteiger partial charge in [-0.15, -0.1) is 0 Å². The number of fused-ring (bicyclic) bond motifs is 1. The van der Waals surface area contributed by atoms with Gasteiger partial charge in [0.05, 0.1) is 11.3 Å². The van der Waals surface area contributed by atoms with Crippen LogP contribution in [0.15, 0.2) is 53.4 Å². The molecule has 2 aromatic rings. The predicted octanol–water partition coefficient (Wildman–Crippen LogP) is 1.37. The Bertz CT molecular complexity index is 877. The largest absolute Gasteiger partial charge is 0.384 e. The minimum absolute atomic E-state index is 0.0709. The van der Waals surface area contributed by atoms with E-state index in [0.29, 0.717) is 16.8 Å². The molecule has 2 aromatic carbocycles. The van der Waals surface area contributed by atoms with Crippen molar-refractivity contribution in [3.05, 3.63) is 59.7 Å². The molecule has 0 aromatic heterocycles. The number of rotatable bonds is 5. The number of benzene rings is 2. The lowest BCUT2D eigenvalue weighted by molar-refractivity contribution is -0.115. The third-order valence-corrected chi connectivity index (χ3v) is 5.41. The number of nitrogens with one attached hydrogen (secondary N) is 2. The van der Waals surface area contributed by atoms with Crippen molar-refractivity contribution in [2.24, 2.45) is 0 Å². The SMILES string of the molecule is CC(O)(CNS(=O)(=O)c1ccc2c(c1)CC(=O)N2)c1ccccc1. The zero-order chi connectivity index (χ0) is 17.4.